The molecule has 0 saturated heterocycles. The predicted molar refractivity (Wildman–Crippen MR) is 167 cm³/mol. The number of fused-ring (bicyclic) bond motifs is 3. The Kier molecular flexibility index (Phi) is 6.66. The molecule has 2 aromatic heterocycles. The van der Waals surface area contributed by atoms with Crippen LogP contribution in [0.1, 0.15) is 46.1 Å². The van der Waals surface area contributed by atoms with Gasteiger partial charge in [0, 0.05) is 22.6 Å². The number of allylic oxidation sites excluding steroid dienone is 1. The molecule has 5 aromatic rings. The van der Waals surface area contributed by atoms with Gasteiger partial charge in [-0.05, 0) is 97.5 Å². The molecule has 0 fully saturated rings. The Bertz CT molecular complexity index is 2120. The first-order valence-electron chi connectivity index (χ1n) is 14.2. The fourth-order valence-electron chi connectivity index (χ4n) is 6.41. The van der Waals surface area contributed by atoms with E-state index in [4.69, 9.17) is 14.5 Å². The van der Waals surface area contributed by atoms with Crippen LogP contribution in [0.3, 0.4) is 0 Å². The van der Waals surface area contributed by atoms with Crippen LogP contribution >= 0.6 is 11.3 Å². The molecule has 1 atom stereocenters. The van der Waals surface area contributed by atoms with Crippen molar-refractivity contribution in [1.82, 2.24) is 9.13 Å². The number of methoxy groups -OCH3 is 2. The fraction of sp³-hybridized carbons (Fsp3) is 0.200. The van der Waals surface area contributed by atoms with Crippen LogP contribution in [0.4, 0.5) is 4.39 Å². The van der Waals surface area contributed by atoms with Crippen molar-refractivity contribution in [3.05, 3.63) is 138 Å². The highest BCUT2D eigenvalue weighted by molar-refractivity contribution is 7.07. The molecule has 0 saturated carbocycles. The summed E-state index contributed by atoms with van der Waals surface area (Å²) in [5.41, 5.74) is 9.10. The van der Waals surface area contributed by atoms with Gasteiger partial charge >= 0.3 is 0 Å². The van der Waals surface area contributed by atoms with Crippen LogP contribution in [0.2, 0.25) is 0 Å². The number of benzene rings is 3. The largest absolute Gasteiger partial charge is 0.493 e. The lowest BCUT2D eigenvalue weighted by Gasteiger charge is -2.31. The first kappa shape index (κ1) is 27.2. The summed E-state index contributed by atoms with van der Waals surface area (Å²) < 4.78 is 29.3. The van der Waals surface area contributed by atoms with E-state index < -0.39 is 0 Å². The van der Waals surface area contributed by atoms with Gasteiger partial charge in [0.05, 0.1) is 30.5 Å². The zero-order valence-electron chi connectivity index (χ0n) is 24.3. The van der Waals surface area contributed by atoms with Gasteiger partial charge in [-0.2, -0.15) is 0 Å². The molecule has 0 amide bonds. The van der Waals surface area contributed by atoms with Crippen LogP contribution in [-0.2, 0) is 6.42 Å². The van der Waals surface area contributed by atoms with Crippen LogP contribution in [0, 0.1) is 19.7 Å². The molecule has 1 unspecified atom stereocenters. The van der Waals surface area contributed by atoms with Crippen LogP contribution in [0.15, 0.2) is 88.2 Å². The quantitative estimate of drug-likeness (QED) is 0.257. The van der Waals surface area contributed by atoms with Crippen molar-refractivity contribution in [2.75, 3.05) is 14.2 Å². The molecule has 6 nitrogen and oxygen atoms in total. The fourth-order valence-corrected chi connectivity index (χ4v) is 7.40. The van der Waals surface area contributed by atoms with E-state index in [1.165, 1.54) is 29.0 Å². The van der Waals surface area contributed by atoms with E-state index in [9.17, 15) is 9.18 Å². The number of nitrogens with zero attached hydrogens (tertiary/aromatic N) is 3. The van der Waals surface area contributed by atoms with Crippen LogP contribution in [0.5, 0.6) is 11.5 Å². The summed E-state index contributed by atoms with van der Waals surface area (Å²) in [7, 11) is 3.24. The molecule has 0 spiro atoms. The number of aryl methyl sites for hydroxylation is 2. The number of thiazole rings is 1. The van der Waals surface area contributed by atoms with E-state index in [0.29, 0.717) is 20.8 Å². The Morgan fingerprint density at radius 2 is 1.72 bits per heavy atom. The molecule has 43 heavy (non-hydrogen) atoms. The van der Waals surface area contributed by atoms with Crippen molar-refractivity contribution >= 4 is 23.1 Å². The number of aromatic nitrogens is 2. The maximum absolute atomic E-state index is 14.3. The summed E-state index contributed by atoms with van der Waals surface area (Å²) in [4.78, 5) is 20.1. The first-order valence-corrected chi connectivity index (χ1v) is 15.0. The molecule has 7 rings (SSSR count). The SMILES string of the molecule is COc1ccc(C2C3=C(N=c4s/c(=C\c5cc(C)n(-c6ccc(F)cc6)c5C)c(=O)n42)c2ccccc2CC3)cc1OC. The van der Waals surface area contributed by atoms with Gasteiger partial charge in [-0.15, -0.1) is 0 Å². The van der Waals surface area contributed by atoms with Gasteiger partial charge < -0.3 is 14.0 Å². The molecule has 0 bridgehead atoms. The molecule has 1 aliphatic heterocycles. The van der Waals surface area contributed by atoms with Crippen molar-refractivity contribution < 1.29 is 13.9 Å². The van der Waals surface area contributed by atoms with Gasteiger partial charge in [-0.25, -0.2) is 9.38 Å². The van der Waals surface area contributed by atoms with Crippen LogP contribution in [-0.4, -0.2) is 23.4 Å². The Morgan fingerprint density at radius 1 is 0.953 bits per heavy atom. The summed E-state index contributed by atoms with van der Waals surface area (Å²) >= 11 is 1.40. The van der Waals surface area contributed by atoms with E-state index in [0.717, 1.165) is 57.9 Å². The summed E-state index contributed by atoms with van der Waals surface area (Å²) in [6.45, 7) is 4.03. The van der Waals surface area contributed by atoms with Crippen molar-refractivity contribution in [3.63, 3.8) is 0 Å². The molecule has 3 heterocycles. The normalized spacial score (nSPS) is 15.9. The minimum atomic E-state index is -0.326. The molecular weight excluding hydrogens is 561 g/mol. The summed E-state index contributed by atoms with van der Waals surface area (Å²) in [5.74, 6) is 0.978. The Hall–Kier alpha value is -4.69. The number of ether oxygens (including phenoxy) is 2. The average Bonchev–Trinajstić information content (AvgIpc) is 3.49. The number of hydrogen-bond acceptors (Lipinski definition) is 5. The van der Waals surface area contributed by atoms with Gasteiger partial charge in [0.2, 0.25) is 0 Å². The van der Waals surface area contributed by atoms with Gasteiger partial charge in [0.15, 0.2) is 16.3 Å². The average molecular weight is 592 g/mol. The van der Waals surface area contributed by atoms with Crippen molar-refractivity contribution in [3.8, 4) is 17.2 Å². The highest BCUT2D eigenvalue weighted by atomic mass is 32.1. The second-order valence-electron chi connectivity index (χ2n) is 10.9. The number of hydrogen-bond donors (Lipinski definition) is 0. The van der Waals surface area contributed by atoms with E-state index in [-0.39, 0.29) is 17.4 Å². The molecule has 1 aliphatic carbocycles. The number of halogens is 1. The molecule has 0 radical (unpaired) electrons. The standard InChI is InChI=1S/C35H30FN3O3S/c1-20-17-24(21(2)38(20)26-13-11-25(36)12-14-26)19-31-34(40)39-33(23-10-16-29(41-3)30(18-23)42-4)28-15-9-22-7-5-6-8-27(22)32(28)37-35(39)43-31/h5-8,10-14,16-19,33H,9,15H2,1-4H3/b31-19-. The second-order valence-corrected chi connectivity index (χ2v) is 11.9. The van der Waals surface area contributed by atoms with Crippen molar-refractivity contribution in [2.24, 2.45) is 4.99 Å². The van der Waals surface area contributed by atoms with E-state index >= 15 is 0 Å². The minimum Gasteiger partial charge on any atom is -0.493 e. The van der Waals surface area contributed by atoms with E-state index in [1.54, 1.807) is 26.4 Å². The maximum atomic E-state index is 14.3. The van der Waals surface area contributed by atoms with Gasteiger partial charge in [-0.3, -0.25) is 9.36 Å². The molecule has 8 heteroatoms. The molecule has 3 aromatic carbocycles. The molecule has 216 valence electrons. The summed E-state index contributed by atoms with van der Waals surface area (Å²) in [5, 5.41) is 0. The third-order valence-corrected chi connectivity index (χ3v) is 9.42. The van der Waals surface area contributed by atoms with E-state index in [1.807, 2.05) is 48.8 Å². The van der Waals surface area contributed by atoms with Crippen molar-refractivity contribution in [1.29, 1.82) is 0 Å². The monoisotopic (exact) mass is 591 g/mol. The van der Waals surface area contributed by atoms with Gasteiger partial charge in [0.1, 0.15) is 5.82 Å². The third kappa shape index (κ3) is 4.44. The van der Waals surface area contributed by atoms with E-state index in [2.05, 4.69) is 28.8 Å². The number of rotatable bonds is 5. The topological polar surface area (TPSA) is 57.8 Å². The molecular formula is C35H30FN3O3S. The van der Waals surface area contributed by atoms with Crippen molar-refractivity contribution in [2.45, 2.75) is 32.7 Å². The Balaban J connectivity index is 1.44. The lowest BCUT2D eigenvalue weighted by atomic mass is 9.83. The lowest BCUT2D eigenvalue weighted by molar-refractivity contribution is 0.354. The summed E-state index contributed by atoms with van der Waals surface area (Å²) in [6.07, 6.45) is 3.64. The zero-order valence-corrected chi connectivity index (χ0v) is 25.2. The highest BCUT2D eigenvalue weighted by Crippen LogP contribution is 2.42. The van der Waals surface area contributed by atoms with Gasteiger partial charge in [0.25, 0.3) is 5.56 Å². The van der Waals surface area contributed by atoms with Crippen LogP contribution < -0.4 is 24.4 Å². The highest BCUT2D eigenvalue weighted by Gasteiger charge is 2.33. The zero-order chi connectivity index (χ0) is 29.8. The third-order valence-electron chi connectivity index (χ3n) is 8.44. The Labute approximate surface area is 252 Å². The van der Waals surface area contributed by atoms with Crippen LogP contribution in [0.25, 0.3) is 17.5 Å². The van der Waals surface area contributed by atoms with Gasteiger partial charge in [-0.1, -0.05) is 41.7 Å². The molecule has 2 aliphatic rings. The Morgan fingerprint density at radius 3 is 2.49 bits per heavy atom. The predicted octanol–water partition coefficient (Wildman–Crippen LogP) is 5.88. The first-order chi connectivity index (χ1) is 20.9. The smallest absolute Gasteiger partial charge is 0.271 e. The summed E-state index contributed by atoms with van der Waals surface area (Å²) in [6, 6.07) is 22.4. The molecule has 0 N–H and O–H groups in total. The maximum Gasteiger partial charge on any atom is 0.271 e. The minimum absolute atomic E-state index is 0.0828. The second kappa shape index (κ2) is 10.5. The lowest BCUT2D eigenvalue weighted by Crippen LogP contribution is -2.38.